The highest BCUT2D eigenvalue weighted by Gasteiger charge is 2.22. The van der Waals surface area contributed by atoms with E-state index in [1.165, 1.54) is 6.26 Å². The molecule has 0 spiro atoms. The summed E-state index contributed by atoms with van der Waals surface area (Å²) < 4.78 is 5.02. The number of aromatic hydroxyl groups is 1. The van der Waals surface area contributed by atoms with Crippen molar-refractivity contribution < 1.29 is 14.4 Å². The van der Waals surface area contributed by atoms with Gasteiger partial charge in [0.05, 0.1) is 11.1 Å². The fourth-order valence-corrected chi connectivity index (χ4v) is 2.79. The van der Waals surface area contributed by atoms with Crippen molar-refractivity contribution >= 4 is 16.6 Å². The number of aromatic nitrogens is 1. The molecule has 1 N–H and O–H groups in total. The van der Waals surface area contributed by atoms with Gasteiger partial charge in [0.2, 0.25) is 5.78 Å². The van der Waals surface area contributed by atoms with E-state index in [0.717, 1.165) is 10.9 Å². The number of carbonyl (C=O) groups excluding carboxylic acids is 1. The van der Waals surface area contributed by atoms with E-state index in [1.807, 2.05) is 54.6 Å². The third-order valence-electron chi connectivity index (χ3n) is 4.01. The van der Waals surface area contributed by atoms with Crippen LogP contribution in [-0.4, -0.2) is 16.0 Å². The Balaban J connectivity index is 1.84. The Labute approximate surface area is 138 Å². The molecule has 24 heavy (non-hydrogen) atoms. The zero-order valence-corrected chi connectivity index (χ0v) is 12.6. The molecule has 1 aromatic heterocycles. The summed E-state index contributed by atoms with van der Waals surface area (Å²) in [6.07, 6.45) is 1.32. The summed E-state index contributed by atoms with van der Waals surface area (Å²) in [6.45, 7) is 0. The fourth-order valence-electron chi connectivity index (χ4n) is 2.79. The van der Waals surface area contributed by atoms with Gasteiger partial charge in [-0.15, -0.1) is 0 Å². The van der Waals surface area contributed by atoms with Crippen molar-refractivity contribution in [2.75, 3.05) is 0 Å². The molecule has 4 aromatic rings. The van der Waals surface area contributed by atoms with Crippen molar-refractivity contribution in [2.45, 2.75) is 0 Å². The largest absolute Gasteiger partial charge is 0.507 e. The first-order chi connectivity index (χ1) is 11.8. The quantitative estimate of drug-likeness (QED) is 0.568. The van der Waals surface area contributed by atoms with Crippen LogP contribution in [0.3, 0.4) is 0 Å². The van der Waals surface area contributed by atoms with Crippen molar-refractivity contribution in [3.63, 3.8) is 0 Å². The number of benzene rings is 3. The Hall–Kier alpha value is -3.40. The smallest absolute Gasteiger partial charge is 0.202 e. The van der Waals surface area contributed by atoms with E-state index in [2.05, 4.69) is 5.16 Å². The van der Waals surface area contributed by atoms with Gasteiger partial charge in [0.1, 0.15) is 17.7 Å². The van der Waals surface area contributed by atoms with Crippen LogP contribution in [0.15, 0.2) is 77.5 Å². The van der Waals surface area contributed by atoms with Gasteiger partial charge < -0.3 is 9.63 Å². The second-order valence-corrected chi connectivity index (χ2v) is 5.45. The molecule has 116 valence electrons. The Bertz CT molecular complexity index is 1040. The van der Waals surface area contributed by atoms with Gasteiger partial charge in [-0.2, -0.15) is 0 Å². The van der Waals surface area contributed by atoms with E-state index in [1.54, 1.807) is 12.1 Å². The molecule has 1 heterocycles. The molecule has 0 unspecified atom stereocenters. The maximum Gasteiger partial charge on any atom is 0.202 e. The van der Waals surface area contributed by atoms with Gasteiger partial charge in [0, 0.05) is 10.9 Å². The van der Waals surface area contributed by atoms with Gasteiger partial charge >= 0.3 is 0 Å². The highest BCUT2D eigenvalue weighted by Crippen LogP contribution is 2.32. The lowest BCUT2D eigenvalue weighted by Crippen LogP contribution is -2.02. The van der Waals surface area contributed by atoms with E-state index in [9.17, 15) is 9.90 Å². The Morgan fingerprint density at radius 3 is 2.46 bits per heavy atom. The highest BCUT2D eigenvalue weighted by molar-refractivity contribution is 6.15. The fraction of sp³-hybridized carbons (Fsp3) is 0. The lowest BCUT2D eigenvalue weighted by atomic mass is 9.97. The van der Waals surface area contributed by atoms with Crippen LogP contribution in [-0.2, 0) is 0 Å². The van der Waals surface area contributed by atoms with Crippen LogP contribution in [0.25, 0.3) is 22.0 Å². The number of rotatable bonds is 3. The maximum absolute atomic E-state index is 12.9. The zero-order chi connectivity index (χ0) is 16.5. The summed E-state index contributed by atoms with van der Waals surface area (Å²) in [7, 11) is 0. The molecule has 4 rings (SSSR count). The van der Waals surface area contributed by atoms with Gasteiger partial charge in [-0.3, -0.25) is 4.79 Å². The average molecular weight is 315 g/mol. The minimum Gasteiger partial charge on any atom is -0.507 e. The molecule has 0 saturated heterocycles. The molecule has 0 radical (unpaired) electrons. The van der Waals surface area contributed by atoms with E-state index < -0.39 is 0 Å². The van der Waals surface area contributed by atoms with Crippen LogP contribution >= 0.6 is 0 Å². The third-order valence-corrected chi connectivity index (χ3v) is 4.01. The average Bonchev–Trinajstić information content (AvgIpc) is 3.12. The number of nitrogens with zero attached hydrogens (tertiary/aromatic N) is 1. The number of hydrogen-bond acceptors (Lipinski definition) is 4. The molecule has 0 bridgehead atoms. The van der Waals surface area contributed by atoms with Crippen molar-refractivity contribution in [3.05, 3.63) is 84.1 Å². The van der Waals surface area contributed by atoms with Crippen molar-refractivity contribution in [2.24, 2.45) is 0 Å². The maximum atomic E-state index is 12.9. The molecule has 4 nitrogen and oxygen atoms in total. The summed E-state index contributed by atoms with van der Waals surface area (Å²) in [5.41, 5.74) is 1.81. The highest BCUT2D eigenvalue weighted by atomic mass is 16.5. The summed E-state index contributed by atoms with van der Waals surface area (Å²) >= 11 is 0. The van der Waals surface area contributed by atoms with Crippen LogP contribution in [0.2, 0.25) is 0 Å². The predicted octanol–water partition coefficient (Wildman–Crippen LogP) is 4.43. The van der Waals surface area contributed by atoms with Crippen molar-refractivity contribution in [1.82, 2.24) is 5.16 Å². The SMILES string of the molecule is O=C(c1conc1-c1ccccc1)c1ccc2ccccc2c1O. The minimum absolute atomic E-state index is 0.0293. The number of phenols is 1. The molecule has 0 aliphatic carbocycles. The first kappa shape index (κ1) is 14.2. The van der Waals surface area contributed by atoms with Gasteiger partial charge in [0.25, 0.3) is 0 Å². The van der Waals surface area contributed by atoms with Crippen molar-refractivity contribution in [3.8, 4) is 17.0 Å². The number of phenolic OH excluding ortho intramolecular Hbond substituents is 1. The lowest BCUT2D eigenvalue weighted by Gasteiger charge is -2.07. The molecule has 0 atom stereocenters. The standard InChI is InChI=1S/C20H13NO3/c22-19-15-9-5-4-6-13(15)10-11-16(19)20(23)17-12-24-21-18(17)14-7-2-1-3-8-14/h1-12,22H. The van der Waals surface area contributed by atoms with Gasteiger partial charge in [-0.05, 0) is 11.5 Å². The van der Waals surface area contributed by atoms with Gasteiger partial charge in [0.15, 0.2) is 0 Å². The van der Waals surface area contributed by atoms with Crippen LogP contribution in [0.4, 0.5) is 0 Å². The number of ketones is 1. The topological polar surface area (TPSA) is 63.3 Å². The molecule has 3 aromatic carbocycles. The Morgan fingerprint density at radius 2 is 1.62 bits per heavy atom. The van der Waals surface area contributed by atoms with Crippen LogP contribution in [0.5, 0.6) is 5.75 Å². The molecule has 0 saturated carbocycles. The molecule has 0 amide bonds. The lowest BCUT2D eigenvalue weighted by molar-refractivity contribution is 0.103. The van der Waals surface area contributed by atoms with E-state index >= 15 is 0 Å². The van der Waals surface area contributed by atoms with Crippen LogP contribution < -0.4 is 0 Å². The summed E-state index contributed by atoms with van der Waals surface area (Å²) in [5, 5.41) is 16.0. The summed E-state index contributed by atoms with van der Waals surface area (Å²) in [6, 6.07) is 20.2. The third kappa shape index (κ3) is 2.25. The van der Waals surface area contributed by atoms with Gasteiger partial charge in [-0.1, -0.05) is 65.8 Å². The second-order valence-electron chi connectivity index (χ2n) is 5.45. The zero-order valence-electron chi connectivity index (χ0n) is 12.6. The van der Waals surface area contributed by atoms with E-state index in [0.29, 0.717) is 16.6 Å². The van der Waals surface area contributed by atoms with Gasteiger partial charge in [-0.25, -0.2) is 0 Å². The summed E-state index contributed by atoms with van der Waals surface area (Å²) in [5.74, 6) is -0.350. The predicted molar refractivity (Wildman–Crippen MR) is 91.0 cm³/mol. The first-order valence-corrected chi connectivity index (χ1v) is 7.51. The minimum atomic E-state index is -0.321. The molecular weight excluding hydrogens is 302 g/mol. The van der Waals surface area contributed by atoms with Crippen LogP contribution in [0, 0.1) is 0 Å². The van der Waals surface area contributed by atoms with E-state index in [4.69, 9.17) is 4.52 Å². The molecular formula is C20H13NO3. The number of fused-ring (bicyclic) bond motifs is 1. The number of carbonyl (C=O) groups is 1. The molecule has 0 aliphatic rings. The first-order valence-electron chi connectivity index (χ1n) is 7.51. The Kier molecular flexibility index (Phi) is 3.35. The van der Waals surface area contributed by atoms with E-state index in [-0.39, 0.29) is 17.1 Å². The van der Waals surface area contributed by atoms with Crippen LogP contribution in [0.1, 0.15) is 15.9 Å². The summed E-state index contributed by atoms with van der Waals surface area (Å²) in [4.78, 5) is 12.9. The Morgan fingerprint density at radius 1 is 0.875 bits per heavy atom. The second kappa shape index (κ2) is 5.66. The normalized spacial score (nSPS) is 10.8. The molecule has 0 aliphatic heterocycles. The molecule has 0 fully saturated rings. The van der Waals surface area contributed by atoms with Crippen molar-refractivity contribution in [1.29, 1.82) is 0 Å². The monoisotopic (exact) mass is 315 g/mol. The molecule has 4 heteroatoms. The number of hydrogen-bond donors (Lipinski definition) is 1.